The summed E-state index contributed by atoms with van der Waals surface area (Å²) in [6.07, 6.45) is 1.02. The molecule has 0 spiro atoms. The van der Waals surface area contributed by atoms with Gasteiger partial charge in [0, 0.05) is 17.5 Å². The van der Waals surface area contributed by atoms with Gasteiger partial charge in [-0.2, -0.15) is 10.4 Å². The second-order valence-corrected chi connectivity index (χ2v) is 10.8. The van der Waals surface area contributed by atoms with Gasteiger partial charge in [-0.1, -0.05) is 62.1 Å². The Labute approximate surface area is 239 Å². The van der Waals surface area contributed by atoms with Crippen molar-refractivity contribution in [1.82, 2.24) is 15.5 Å². The van der Waals surface area contributed by atoms with Crippen molar-refractivity contribution < 1.29 is 19.4 Å². The number of aliphatic hydroxyl groups is 1. The van der Waals surface area contributed by atoms with Crippen molar-refractivity contribution in [3.05, 3.63) is 93.5 Å². The van der Waals surface area contributed by atoms with E-state index in [2.05, 4.69) is 33.4 Å². The maximum Gasteiger partial charge on any atom is 0.407 e. The number of nitrogens with zero attached hydrogens (tertiary/aromatic N) is 2. The van der Waals surface area contributed by atoms with Gasteiger partial charge >= 0.3 is 6.09 Å². The average Bonchev–Trinajstić information content (AvgIpc) is 3.32. The molecule has 1 atom stereocenters. The Kier molecular flexibility index (Phi) is 7.74. The topological polar surface area (TPSA) is 146 Å². The summed E-state index contributed by atoms with van der Waals surface area (Å²) in [5.41, 5.74) is 10.2. The van der Waals surface area contributed by atoms with Gasteiger partial charge in [-0.25, -0.2) is 9.89 Å². The van der Waals surface area contributed by atoms with Crippen molar-refractivity contribution in [3.63, 3.8) is 0 Å². The molecular weight excluding hydrogens is 518 g/mol. The number of carbonyl (C=O) groups excluding carboxylic acids is 1. The first-order valence-electron chi connectivity index (χ1n) is 13.6. The monoisotopic (exact) mass is 551 g/mol. The number of rotatable bonds is 6. The lowest BCUT2D eigenvalue weighted by Crippen LogP contribution is -2.44. The van der Waals surface area contributed by atoms with Crippen LogP contribution in [0.15, 0.2) is 60.0 Å². The molecule has 5 N–H and O–H groups in total. The summed E-state index contributed by atoms with van der Waals surface area (Å²) in [6.45, 7) is 5.95. The lowest BCUT2D eigenvalue weighted by molar-refractivity contribution is 0.126. The minimum Gasteiger partial charge on any atom is -0.445 e. The molecule has 1 unspecified atom stereocenters. The predicted molar refractivity (Wildman–Crippen MR) is 152 cm³/mol. The molecule has 0 bridgehead atoms. The molecule has 1 fully saturated rings. The average molecular weight is 552 g/mol. The number of aromatic nitrogens is 2. The highest BCUT2D eigenvalue weighted by atomic mass is 16.5. The Hall–Kier alpha value is -4.73. The van der Waals surface area contributed by atoms with Crippen LogP contribution in [0.2, 0.25) is 0 Å². The van der Waals surface area contributed by atoms with E-state index in [-0.39, 0.29) is 37.0 Å². The fourth-order valence-electron chi connectivity index (χ4n) is 5.83. The summed E-state index contributed by atoms with van der Waals surface area (Å²) in [6, 6.07) is 17.5. The standard InChI is InChI=1S/C32H33N5O4/c1-19(2)32(27(16-33)29(34)41-30-28(32)20(3)36-37-30)25-12-22(11-24(13-25)17-38)9-10-23-14-26(15-23)35-31(39)40-18-21-7-5-4-6-8-21/h4-8,11-13,19,23,26,38H,14-15,17-18,34H2,1-3H3,(H,35,39)(H,36,37)/t23-,26+,32?. The molecule has 0 radical (unpaired) electrons. The van der Waals surface area contributed by atoms with Crippen LogP contribution in [0.1, 0.15) is 60.2 Å². The van der Waals surface area contributed by atoms with Crippen molar-refractivity contribution in [2.75, 3.05) is 0 Å². The Balaban J connectivity index is 1.36. The number of hydrogen-bond donors (Lipinski definition) is 4. The smallest absolute Gasteiger partial charge is 0.407 e. The molecule has 2 aromatic carbocycles. The second-order valence-electron chi connectivity index (χ2n) is 10.8. The van der Waals surface area contributed by atoms with Crippen LogP contribution in [0, 0.1) is 41.9 Å². The number of nitriles is 1. The first kappa shape index (κ1) is 27.8. The molecule has 3 aromatic rings. The number of nitrogens with one attached hydrogen (secondary N) is 2. The lowest BCUT2D eigenvalue weighted by atomic mass is 9.61. The number of hydrogen-bond acceptors (Lipinski definition) is 7. The maximum atomic E-state index is 12.2. The molecule has 210 valence electrons. The molecule has 2 aliphatic rings. The first-order valence-corrected chi connectivity index (χ1v) is 13.6. The van der Waals surface area contributed by atoms with E-state index in [1.165, 1.54) is 0 Å². The highest BCUT2D eigenvalue weighted by Gasteiger charge is 2.50. The van der Waals surface area contributed by atoms with Crippen LogP contribution in [0.25, 0.3) is 0 Å². The van der Waals surface area contributed by atoms with Crippen molar-refractivity contribution in [3.8, 4) is 23.8 Å². The molecule has 1 saturated carbocycles. The third kappa shape index (κ3) is 5.25. The molecular formula is C32H33N5O4. The molecule has 41 heavy (non-hydrogen) atoms. The number of aromatic amines is 1. The molecule has 0 saturated heterocycles. The van der Waals surface area contributed by atoms with E-state index in [9.17, 15) is 15.2 Å². The quantitative estimate of drug-likeness (QED) is 0.334. The summed E-state index contributed by atoms with van der Waals surface area (Å²) >= 11 is 0. The normalized spacial score (nSPS) is 21.1. The van der Waals surface area contributed by atoms with Gasteiger partial charge in [0.15, 0.2) is 0 Å². The zero-order valence-corrected chi connectivity index (χ0v) is 23.3. The number of ether oxygens (including phenoxy) is 2. The van der Waals surface area contributed by atoms with E-state index < -0.39 is 11.5 Å². The zero-order chi connectivity index (χ0) is 29.1. The van der Waals surface area contributed by atoms with Crippen molar-refractivity contribution >= 4 is 6.09 Å². The van der Waals surface area contributed by atoms with Gasteiger partial charge in [-0.3, -0.25) is 0 Å². The number of H-pyrrole nitrogens is 1. The molecule has 1 aliphatic heterocycles. The van der Waals surface area contributed by atoms with Gasteiger partial charge < -0.3 is 25.6 Å². The fraction of sp³-hybridized carbons (Fsp3) is 0.344. The number of aryl methyl sites for hydroxylation is 1. The second kappa shape index (κ2) is 11.4. The molecule has 1 amide bonds. The van der Waals surface area contributed by atoms with E-state index in [0.717, 1.165) is 35.1 Å². The van der Waals surface area contributed by atoms with Crippen LogP contribution in [-0.2, 0) is 23.4 Å². The van der Waals surface area contributed by atoms with E-state index in [4.69, 9.17) is 15.2 Å². The SMILES string of the molecule is Cc1n[nH]c2c1C(c1cc(C#C[C@H]3C[C@@H](NC(=O)OCc4ccccc4)C3)cc(CO)c1)(C(C)C)C(C#N)=C(N)O2. The Morgan fingerprint density at radius 3 is 2.71 bits per heavy atom. The van der Waals surface area contributed by atoms with Crippen LogP contribution >= 0.6 is 0 Å². The lowest BCUT2D eigenvalue weighted by Gasteiger charge is -2.41. The number of nitrogens with two attached hydrogens (primary N) is 1. The number of carbonyl (C=O) groups is 1. The molecule has 9 heteroatoms. The first-order chi connectivity index (χ1) is 19.8. The number of benzene rings is 2. The molecule has 1 aromatic heterocycles. The summed E-state index contributed by atoms with van der Waals surface area (Å²) in [5.74, 6) is 7.01. The molecule has 2 heterocycles. The Morgan fingerprint density at radius 2 is 2.02 bits per heavy atom. The molecule has 9 nitrogen and oxygen atoms in total. The van der Waals surface area contributed by atoms with Crippen LogP contribution < -0.4 is 15.8 Å². The summed E-state index contributed by atoms with van der Waals surface area (Å²) in [7, 11) is 0. The highest BCUT2D eigenvalue weighted by molar-refractivity contribution is 5.68. The Bertz CT molecular complexity index is 1590. The Morgan fingerprint density at radius 1 is 1.27 bits per heavy atom. The third-order valence-electron chi connectivity index (χ3n) is 7.86. The summed E-state index contributed by atoms with van der Waals surface area (Å²) in [4.78, 5) is 12.2. The van der Waals surface area contributed by atoms with Crippen LogP contribution in [-0.4, -0.2) is 27.4 Å². The van der Waals surface area contributed by atoms with Crippen LogP contribution in [0.5, 0.6) is 5.88 Å². The fourth-order valence-corrected chi connectivity index (χ4v) is 5.83. The number of alkyl carbamates (subject to hydrolysis) is 1. The summed E-state index contributed by atoms with van der Waals surface area (Å²) in [5, 5.41) is 30.5. The van der Waals surface area contributed by atoms with Gasteiger partial charge in [0.1, 0.15) is 18.2 Å². The van der Waals surface area contributed by atoms with E-state index in [0.29, 0.717) is 22.7 Å². The number of fused-ring (bicyclic) bond motifs is 1. The van der Waals surface area contributed by atoms with Gasteiger partial charge in [0.2, 0.25) is 11.8 Å². The number of aliphatic hydroxyl groups excluding tert-OH is 1. The van der Waals surface area contributed by atoms with Gasteiger partial charge in [0.25, 0.3) is 0 Å². The van der Waals surface area contributed by atoms with Crippen molar-refractivity contribution in [2.45, 2.75) is 58.3 Å². The highest BCUT2D eigenvalue weighted by Crippen LogP contribution is 2.52. The molecule has 1 aliphatic carbocycles. The van der Waals surface area contributed by atoms with Gasteiger partial charge in [-0.15, -0.1) is 0 Å². The minimum atomic E-state index is -0.948. The van der Waals surface area contributed by atoms with Crippen LogP contribution in [0.4, 0.5) is 4.79 Å². The van der Waals surface area contributed by atoms with Gasteiger partial charge in [-0.05, 0) is 54.5 Å². The molecule has 5 rings (SSSR count). The van der Waals surface area contributed by atoms with E-state index in [1.54, 1.807) is 0 Å². The summed E-state index contributed by atoms with van der Waals surface area (Å²) < 4.78 is 11.1. The van der Waals surface area contributed by atoms with E-state index >= 15 is 0 Å². The largest absolute Gasteiger partial charge is 0.445 e. The maximum absolute atomic E-state index is 12.2. The van der Waals surface area contributed by atoms with Crippen molar-refractivity contribution in [2.24, 2.45) is 17.6 Å². The predicted octanol–water partition coefficient (Wildman–Crippen LogP) is 4.30. The van der Waals surface area contributed by atoms with Crippen molar-refractivity contribution in [1.29, 1.82) is 5.26 Å². The third-order valence-corrected chi connectivity index (χ3v) is 7.86. The van der Waals surface area contributed by atoms with Crippen LogP contribution in [0.3, 0.4) is 0 Å². The number of amides is 1. The minimum absolute atomic E-state index is 0.0112. The van der Waals surface area contributed by atoms with Gasteiger partial charge in [0.05, 0.1) is 23.3 Å². The van der Waals surface area contributed by atoms with E-state index in [1.807, 2.05) is 69.3 Å². The zero-order valence-electron chi connectivity index (χ0n) is 23.3. The number of allylic oxidation sites excluding steroid dienone is 1.